The molecule has 2 aliphatic rings. The number of nitrogens with zero attached hydrogens (tertiary/aromatic N) is 2. The van der Waals surface area contributed by atoms with Gasteiger partial charge in [0.15, 0.2) is 15.0 Å². The summed E-state index contributed by atoms with van der Waals surface area (Å²) in [5.74, 6) is 1.40. The fraction of sp³-hybridized carbons (Fsp3) is 0.391. The molecule has 0 aromatic heterocycles. The second-order valence-corrected chi connectivity index (χ2v) is 11.2. The van der Waals surface area contributed by atoms with Crippen LogP contribution in [0, 0.1) is 0 Å². The third kappa shape index (κ3) is 5.10. The highest BCUT2D eigenvalue weighted by molar-refractivity contribution is 8.15. The van der Waals surface area contributed by atoms with Crippen LogP contribution in [0.5, 0.6) is 11.5 Å². The number of carbonyl (C=O) groups is 1. The molecule has 170 valence electrons. The summed E-state index contributed by atoms with van der Waals surface area (Å²) in [5, 5.41) is 0.525. The highest BCUT2D eigenvalue weighted by Gasteiger charge is 2.48. The van der Waals surface area contributed by atoms with Crippen LogP contribution in [0.4, 0.5) is 0 Å². The summed E-state index contributed by atoms with van der Waals surface area (Å²) < 4.78 is 34.9. The molecule has 4 rings (SSSR count). The van der Waals surface area contributed by atoms with E-state index in [1.807, 2.05) is 53.4 Å². The van der Waals surface area contributed by atoms with Gasteiger partial charge in [-0.25, -0.2) is 8.42 Å². The van der Waals surface area contributed by atoms with Crippen molar-refractivity contribution >= 4 is 32.7 Å². The Morgan fingerprint density at radius 2 is 1.84 bits per heavy atom. The van der Waals surface area contributed by atoms with Gasteiger partial charge >= 0.3 is 0 Å². The second kappa shape index (κ2) is 9.54. The first-order chi connectivity index (χ1) is 15.4. The Morgan fingerprint density at radius 1 is 1.09 bits per heavy atom. The standard InChI is InChI=1S/C23H26N2O5S2/c1-29-18-9-7-16(8-10-18)11-12-25-19-14-32(27,28)15-21(19)31-23(25)24-22(26)13-17-5-3-4-6-20(17)30-2/h3-10,19,21H,11-15H2,1-2H3/t19-,21-/m0/s1. The molecule has 2 atom stereocenters. The lowest BCUT2D eigenvalue weighted by molar-refractivity contribution is -0.117. The number of fused-ring (bicyclic) bond motifs is 1. The molecule has 2 heterocycles. The number of hydrogen-bond acceptors (Lipinski definition) is 6. The van der Waals surface area contributed by atoms with E-state index >= 15 is 0 Å². The van der Waals surface area contributed by atoms with Crippen molar-refractivity contribution in [2.75, 3.05) is 32.3 Å². The maximum Gasteiger partial charge on any atom is 0.252 e. The molecule has 0 saturated carbocycles. The molecule has 2 fully saturated rings. The maximum absolute atomic E-state index is 12.8. The van der Waals surface area contributed by atoms with Crippen LogP contribution in [0.25, 0.3) is 0 Å². The molecule has 2 aromatic rings. The lowest BCUT2D eigenvalue weighted by atomic mass is 10.1. The van der Waals surface area contributed by atoms with Gasteiger partial charge < -0.3 is 14.4 Å². The van der Waals surface area contributed by atoms with Crippen LogP contribution < -0.4 is 9.47 Å². The van der Waals surface area contributed by atoms with Gasteiger partial charge in [-0.1, -0.05) is 42.1 Å². The SMILES string of the molecule is COc1ccc(CCN2C(=NC(=O)Cc3ccccc3OC)S[C@H]3CS(=O)(=O)C[C@@H]32)cc1. The number of ether oxygens (including phenoxy) is 2. The average molecular weight is 475 g/mol. The number of rotatable bonds is 7. The van der Waals surface area contributed by atoms with Crippen molar-refractivity contribution < 1.29 is 22.7 Å². The zero-order valence-corrected chi connectivity index (χ0v) is 19.7. The smallest absolute Gasteiger partial charge is 0.252 e. The van der Waals surface area contributed by atoms with Crippen molar-refractivity contribution in [1.82, 2.24) is 4.90 Å². The Labute approximate surface area is 192 Å². The molecule has 0 aliphatic carbocycles. The number of amidine groups is 1. The van der Waals surface area contributed by atoms with E-state index in [0.717, 1.165) is 16.9 Å². The molecule has 32 heavy (non-hydrogen) atoms. The van der Waals surface area contributed by atoms with E-state index in [2.05, 4.69) is 4.99 Å². The Bertz CT molecular complexity index is 1120. The summed E-state index contributed by atoms with van der Waals surface area (Å²) in [4.78, 5) is 19.2. The maximum atomic E-state index is 12.8. The third-order valence-corrected chi connectivity index (χ3v) is 8.98. The first kappa shape index (κ1) is 22.7. The van der Waals surface area contributed by atoms with Crippen LogP contribution in [-0.4, -0.2) is 68.0 Å². The topological polar surface area (TPSA) is 85.3 Å². The van der Waals surface area contributed by atoms with Crippen molar-refractivity contribution in [2.24, 2.45) is 4.99 Å². The van der Waals surface area contributed by atoms with Gasteiger partial charge in [0.2, 0.25) is 0 Å². The number of carbonyl (C=O) groups excluding carboxylic acids is 1. The van der Waals surface area contributed by atoms with E-state index in [1.165, 1.54) is 11.8 Å². The first-order valence-electron chi connectivity index (χ1n) is 10.4. The number of hydrogen-bond donors (Lipinski definition) is 0. The zero-order chi connectivity index (χ0) is 22.7. The van der Waals surface area contributed by atoms with Gasteiger partial charge in [-0.2, -0.15) is 4.99 Å². The monoisotopic (exact) mass is 474 g/mol. The Kier molecular flexibility index (Phi) is 6.76. The van der Waals surface area contributed by atoms with E-state index in [-0.39, 0.29) is 35.1 Å². The lowest BCUT2D eigenvalue weighted by Crippen LogP contribution is -2.39. The van der Waals surface area contributed by atoms with Crippen molar-refractivity contribution in [2.45, 2.75) is 24.1 Å². The van der Waals surface area contributed by atoms with Crippen molar-refractivity contribution in [1.29, 1.82) is 0 Å². The molecule has 2 aliphatic heterocycles. The number of benzene rings is 2. The van der Waals surface area contributed by atoms with E-state index in [4.69, 9.17) is 9.47 Å². The van der Waals surface area contributed by atoms with E-state index in [0.29, 0.717) is 23.9 Å². The predicted octanol–water partition coefficient (Wildman–Crippen LogP) is 2.59. The number of sulfone groups is 1. The van der Waals surface area contributed by atoms with Crippen molar-refractivity contribution in [3.8, 4) is 11.5 Å². The Morgan fingerprint density at radius 3 is 2.56 bits per heavy atom. The summed E-state index contributed by atoms with van der Waals surface area (Å²) in [7, 11) is 0.126. The van der Waals surface area contributed by atoms with Crippen LogP contribution in [0.1, 0.15) is 11.1 Å². The third-order valence-electron chi connectivity index (χ3n) is 5.73. The predicted molar refractivity (Wildman–Crippen MR) is 126 cm³/mol. The highest BCUT2D eigenvalue weighted by atomic mass is 32.2. The summed E-state index contributed by atoms with van der Waals surface area (Å²) >= 11 is 1.41. The minimum atomic E-state index is -3.08. The summed E-state index contributed by atoms with van der Waals surface area (Å²) in [6, 6.07) is 15.0. The Hall–Kier alpha value is -2.52. The molecule has 0 spiro atoms. The molecule has 0 unspecified atom stereocenters. The first-order valence-corrected chi connectivity index (χ1v) is 13.1. The normalized spacial score (nSPS) is 22.7. The fourth-order valence-electron chi connectivity index (χ4n) is 4.10. The van der Waals surface area contributed by atoms with E-state index in [9.17, 15) is 13.2 Å². The summed E-state index contributed by atoms with van der Waals surface area (Å²) in [5.41, 5.74) is 1.89. The molecule has 2 aromatic carbocycles. The number of para-hydroxylation sites is 1. The van der Waals surface area contributed by atoms with Crippen LogP contribution in [0.3, 0.4) is 0 Å². The van der Waals surface area contributed by atoms with Gasteiger partial charge in [0.1, 0.15) is 11.5 Å². The number of aliphatic imine (C=N–C) groups is 1. The molecule has 0 radical (unpaired) electrons. The fourth-order valence-corrected chi connectivity index (χ4v) is 8.09. The van der Waals surface area contributed by atoms with Gasteiger partial charge in [-0.05, 0) is 30.2 Å². The van der Waals surface area contributed by atoms with Gasteiger partial charge in [0, 0.05) is 17.4 Å². The average Bonchev–Trinajstić information content (AvgIpc) is 3.23. The van der Waals surface area contributed by atoms with Gasteiger partial charge in [0.25, 0.3) is 5.91 Å². The lowest BCUT2D eigenvalue weighted by Gasteiger charge is -2.24. The van der Waals surface area contributed by atoms with Crippen molar-refractivity contribution in [3.63, 3.8) is 0 Å². The van der Waals surface area contributed by atoms with Crippen LogP contribution >= 0.6 is 11.8 Å². The molecule has 0 N–H and O–H groups in total. The van der Waals surface area contributed by atoms with Gasteiger partial charge in [0.05, 0.1) is 38.2 Å². The quantitative estimate of drug-likeness (QED) is 0.610. The minimum Gasteiger partial charge on any atom is -0.497 e. The zero-order valence-electron chi connectivity index (χ0n) is 18.1. The van der Waals surface area contributed by atoms with Crippen LogP contribution in [-0.2, 0) is 27.5 Å². The number of thioether (sulfide) groups is 1. The summed E-state index contributed by atoms with van der Waals surface area (Å²) in [6.07, 6.45) is 0.849. The van der Waals surface area contributed by atoms with Crippen LogP contribution in [0.2, 0.25) is 0 Å². The Balaban J connectivity index is 1.51. The highest BCUT2D eigenvalue weighted by Crippen LogP contribution is 2.38. The van der Waals surface area contributed by atoms with Gasteiger partial charge in [-0.15, -0.1) is 0 Å². The van der Waals surface area contributed by atoms with Crippen molar-refractivity contribution in [3.05, 3.63) is 59.7 Å². The van der Waals surface area contributed by atoms with E-state index in [1.54, 1.807) is 14.2 Å². The molecule has 1 amide bonds. The molecule has 7 nitrogen and oxygen atoms in total. The van der Waals surface area contributed by atoms with E-state index < -0.39 is 9.84 Å². The van der Waals surface area contributed by atoms with Gasteiger partial charge in [-0.3, -0.25) is 4.79 Å². The molecular formula is C23H26N2O5S2. The molecule has 9 heteroatoms. The van der Waals surface area contributed by atoms with Crippen LogP contribution in [0.15, 0.2) is 53.5 Å². The molecule has 0 bridgehead atoms. The minimum absolute atomic E-state index is 0.0892. The summed E-state index contributed by atoms with van der Waals surface area (Å²) in [6.45, 7) is 0.594. The number of methoxy groups -OCH3 is 2. The molecule has 2 saturated heterocycles. The number of amides is 1. The molecular weight excluding hydrogens is 448 g/mol. The largest absolute Gasteiger partial charge is 0.497 e. The second-order valence-electron chi connectivity index (χ2n) is 7.87.